The number of hydrogen-bond acceptors (Lipinski definition) is 2. The zero-order valence-electron chi connectivity index (χ0n) is 12.2. The van der Waals surface area contributed by atoms with Gasteiger partial charge in [-0.2, -0.15) is 8.78 Å². The maximum Gasteiger partial charge on any atom is 0.319 e. The normalized spacial score (nSPS) is 12.0. The molecule has 23 heavy (non-hydrogen) atoms. The molecule has 1 unspecified atom stereocenters. The molecular formula is C16H15ClF2N2OS. The molecule has 0 saturated heterocycles. The van der Waals surface area contributed by atoms with Crippen molar-refractivity contribution >= 4 is 35.1 Å². The van der Waals surface area contributed by atoms with Crippen LogP contribution in [0.1, 0.15) is 18.5 Å². The van der Waals surface area contributed by atoms with Crippen LogP contribution in [0.15, 0.2) is 53.4 Å². The molecule has 0 fully saturated rings. The number of nitrogens with one attached hydrogen (secondary N) is 2. The van der Waals surface area contributed by atoms with Gasteiger partial charge in [-0.25, -0.2) is 4.79 Å². The number of benzene rings is 2. The lowest BCUT2D eigenvalue weighted by molar-refractivity contribution is 0.249. The van der Waals surface area contributed by atoms with E-state index >= 15 is 0 Å². The number of urea groups is 1. The standard InChI is InChI=1S/C16H15ClF2N2OS/c1-10(11-5-4-6-12(17)9-11)20-16(22)21-13-7-2-3-8-14(13)23-15(18)19/h2-10,15H,1H3,(H2,20,21,22). The van der Waals surface area contributed by atoms with Gasteiger partial charge in [-0.3, -0.25) is 0 Å². The number of anilines is 1. The van der Waals surface area contributed by atoms with E-state index in [4.69, 9.17) is 11.6 Å². The summed E-state index contributed by atoms with van der Waals surface area (Å²) >= 11 is 6.31. The molecule has 2 N–H and O–H groups in total. The number of carbonyl (C=O) groups excluding carboxylic acids is 1. The topological polar surface area (TPSA) is 41.1 Å². The molecule has 3 nitrogen and oxygen atoms in total. The molecule has 1 atom stereocenters. The predicted molar refractivity (Wildman–Crippen MR) is 90.3 cm³/mol. The van der Waals surface area contributed by atoms with Gasteiger partial charge in [0.05, 0.1) is 11.7 Å². The van der Waals surface area contributed by atoms with Crippen LogP contribution < -0.4 is 10.6 Å². The molecule has 7 heteroatoms. The fraction of sp³-hybridized carbons (Fsp3) is 0.188. The molecule has 0 aliphatic heterocycles. The molecule has 0 heterocycles. The Kier molecular flexibility index (Phi) is 6.24. The number of rotatable bonds is 5. The fourth-order valence-electron chi connectivity index (χ4n) is 1.98. The van der Waals surface area contributed by atoms with Crippen molar-refractivity contribution in [2.75, 3.05) is 5.32 Å². The van der Waals surface area contributed by atoms with Gasteiger partial charge in [0.25, 0.3) is 5.76 Å². The first-order valence-corrected chi connectivity index (χ1v) is 8.08. The minimum Gasteiger partial charge on any atom is -0.331 e. The minimum atomic E-state index is -2.55. The van der Waals surface area contributed by atoms with Gasteiger partial charge in [0.15, 0.2) is 0 Å². The third-order valence-corrected chi connectivity index (χ3v) is 4.07. The zero-order chi connectivity index (χ0) is 16.8. The number of para-hydroxylation sites is 1. The van der Waals surface area contributed by atoms with Gasteiger partial charge in [-0.05, 0) is 36.8 Å². The van der Waals surface area contributed by atoms with Gasteiger partial charge >= 0.3 is 6.03 Å². The van der Waals surface area contributed by atoms with E-state index in [0.717, 1.165) is 5.56 Å². The first-order chi connectivity index (χ1) is 11.0. The minimum absolute atomic E-state index is 0.274. The summed E-state index contributed by atoms with van der Waals surface area (Å²) in [5, 5.41) is 5.92. The molecule has 0 spiro atoms. The molecule has 122 valence electrons. The van der Waals surface area contributed by atoms with Crippen LogP contribution in [-0.2, 0) is 0 Å². The van der Waals surface area contributed by atoms with Crippen molar-refractivity contribution in [3.8, 4) is 0 Å². The van der Waals surface area contributed by atoms with E-state index in [1.807, 2.05) is 13.0 Å². The van der Waals surface area contributed by atoms with Crippen LogP contribution in [0.3, 0.4) is 0 Å². The van der Waals surface area contributed by atoms with Crippen LogP contribution in [0.2, 0.25) is 5.02 Å². The van der Waals surface area contributed by atoms with Crippen LogP contribution in [-0.4, -0.2) is 11.8 Å². The predicted octanol–water partition coefficient (Wildman–Crippen LogP) is 5.54. The van der Waals surface area contributed by atoms with E-state index < -0.39 is 11.8 Å². The molecule has 0 aliphatic rings. The lowest BCUT2D eigenvalue weighted by atomic mass is 10.1. The Hall–Kier alpha value is -1.79. The van der Waals surface area contributed by atoms with Crippen LogP contribution in [0, 0.1) is 0 Å². The molecule has 0 bridgehead atoms. The molecule has 2 aromatic rings. The average Bonchev–Trinajstić information content (AvgIpc) is 2.48. The van der Waals surface area contributed by atoms with Crippen LogP contribution in [0.25, 0.3) is 0 Å². The van der Waals surface area contributed by atoms with Crippen molar-refractivity contribution < 1.29 is 13.6 Å². The molecule has 0 saturated carbocycles. The first-order valence-electron chi connectivity index (χ1n) is 6.82. The van der Waals surface area contributed by atoms with E-state index in [1.54, 1.807) is 36.4 Å². The Balaban J connectivity index is 2.02. The molecule has 0 radical (unpaired) electrons. The molecule has 0 aromatic heterocycles. The Morgan fingerprint density at radius 2 is 1.91 bits per heavy atom. The van der Waals surface area contributed by atoms with E-state index in [-0.39, 0.29) is 6.04 Å². The Bertz CT molecular complexity index is 685. The van der Waals surface area contributed by atoms with Crippen LogP contribution in [0.5, 0.6) is 0 Å². The second-order valence-corrected chi connectivity index (χ2v) is 6.22. The third kappa shape index (κ3) is 5.41. The van der Waals surface area contributed by atoms with E-state index in [2.05, 4.69) is 10.6 Å². The Labute approximate surface area is 142 Å². The summed E-state index contributed by atoms with van der Waals surface area (Å²) in [7, 11) is 0. The highest BCUT2D eigenvalue weighted by Crippen LogP contribution is 2.31. The molecule has 0 aliphatic carbocycles. The second-order valence-electron chi connectivity index (χ2n) is 4.75. The quantitative estimate of drug-likeness (QED) is 0.691. The summed E-state index contributed by atoms with van der Waals surface area (Å²) in [6.07, 6.45) is 0. The Morgan fingerprint density at radius 3 is 2.61 bits per heavy atom. The van der Waals surface area contributed by atoms with Crippen molar-refractivity contribution in [3.05, 3.63) is 59.1 Å². The maximum atomic E-state index is 12.5. The monoisotopic (exact) mass is 356 g/mol. The molecule has 2 amide bonds. The number of alkyl halides is 2. The summed E-state index contributed by atoms with van der Waals surface area (Å²) < 4.78 is 25.1. The Morgan fingerprint density at radius 1 is 1.17 bits per heavy atom. The van der Waals surface area contributed by atoms with Crippen molar-refractivity contribution in [1.29, 1.82) is 0 Å². The summed E-state index contributed by atoms with van der Waals surface area (Å²) in [5.74, 6) is -2.55. The third-order valence-electron chi connectivity index (χ3n) is 3.05. The second kappa shape index (κ2) is 8.17. The maximum absolute atomic E-state index is 12.5. The first kappa shape index (κ1) is 17.6. The summed E-state index contributed by atoms with van der Waals surface area (Å²) in [5.41, 5.74) is 1.19. The number of thioether (sulfide) groups is 1. The van der Waals surface area contributed by atoms with Gasteiger partial charge in [0.2, 0.25) is 0 Å². The lowest BCUT2D eigenvalue weighted by Gasteiger charge is -2.16. The average molecular weight is 357 g/mol. The summed E-state index contributed by atoms with van der Waals surface area (Å²) in [4.78, 5) is 12.4. The molecular weight excluding hydrogens is 342 g/mol. The molecule has 2 rings (SSSR count). The van der Waals surface area contributed by atoms with Gasteiger partial charge in [-0.15, -0.1) is 0 Å². The number of hydrogen-bond donors (Lipinski definition) is 2. The van der Waals surface area contributed by atoms with E-state index in [0.29, 0.717) is 27.4 Å². The SMILES string of the molecule is CC(NC(=O)Nc1ccccc1SC(F)F)c1cccc(Cl)c1. The summed E-state index contributed by atoms with van der Waals surface area (Å²) in [6.45, 7) is 1.81. The summed E-state index contributed by atoms with van der Waals surface area (Å²) in [6, 6.07) is 12.8. The van der Waals surface area contributed by atoms with Gasteiger partial charge in [0, 0.05) is 9.92 Å². The van der Waals surface area contributed by atoms with Gasteiger partial charge in [0.1, 0.15) is 0 Å². The van der Waals surface area contributed by atoms with Gasteiger partial charge in [-0.1, -0.05) is 47.6 Å². The van der Waals surface area contributed by atoms with Crippen molar-refractivity contribution in [2.45, 2.75) is 23.6 Å². The van der Waals surface area contributed by atoms with E-state index in [9.17, 15) is 13.6 Å². The highest BCUT2D eigenvalue weighted by Gasteiger charge is 2.14. The largest absolute Gasteiger partial charge is 0.331 e. The number of amides is 2. The number of carbonyl (C=O) groups is 1. The molecule has 2 aromatic carbocycles. The highest BCUT2D eigenvalue weighted by molar-refractivity contribution is 7.99. The smallest absolute Gasteiger partial charge is 0.319 e. The van der Waals surface area contributed by atoms with Crippen molar-refractivity contribution in [2.24, 2.45) is 0 Å². The van der Waals surface area contributed by atoms with Crippen LogP contribution >= 0.6 is 23.4 Å². The van der Waals surface area contributed by atoms with Crippen molar-refractivity contribution in [3.63, 3.8) is 0 Å². The van der Waals surface area contributed by atoms with E-state index in [1.165, 1.54) is 6.07 Å². The van der Waals surface area contributed by atoms with Gasteiger partial charge < -0.3 is 10.6 Å². The van der Waals surface area contributed by atoms with Crippen LogP contribution in [0.4, 0.5) is 19.3 Å². The van der Waals surface area contributed by atoms with Crippen molar-refractivity contribution in [1.82, 2.24) is 5.32 Å². The fourth-order valence-corrected chi connectivity index (χ4v) is 2.78. The number of halogens is 3. The lowest BCUT2D eigenvalue weighted by Crippen LogP contribution is -2.31. The zero-order valence-corrected chi connectivity index (χ0v) is 13.8. The highest BCUT2D eigenvalue weighted by atomic mass is 35.5.